The fourth-order valence-corrected chi connectivity index (χ4v) is 2.83. The lowest BCUT2D eigenvalue weighted by Gasteiger charge is -2.27. The molecule has 0 atom stereocenters. The summed E-state index contributed by atoms with van der Waals surface area (Å²) in [6.45, 7) is 1.89. The molecule has 0 radical (unpaired) electrons. The predicted molar refractivity (Wildman–Crippen MR) is 85.9 cm³/mol. The Morgan fingerprint density at radius 2 is 2.00 bits per heavy atom. The molecule has 0 aliphatic heterocycles. The zero-order valence-electron chi connectivity index (χ0n) is 12.6. The van der Waals surface area contributed by atoms with Crippen LogP contribution in [0.4, 0.5) is 0 Å². The maximum Gasteiger partial charge on any atom is 0.124 e. The van der Waals surface area contributed by atoms with Crippen LogP contribution >= 0.6 is 11.6 Å². The third-order valence-corrected chi connectivity index (χ3v) is 4.16. The first-order chi connectivity index (χ1) is 10.2. The molecule has 0 spiro atoms. The lowest BCUT2D eigenvalue weighted by atomic mass is 9.92. The number of halogens is 1. The zero-order valence-corrected chi connectivity index (χ0v) is 13.4. The van der Waals surface area contributed by atoms with Gasteiger partial charge >= 0.3 is 0 Å². The minimum absolute atomic E-state index is 0.377. The van der Waals surface area contributed by atoms with E-state index in [0.717, 1.165) is 48.6 Å². The van der Waals surface area contributed by atoms with Crippen LogP contribution in [0.1, 0.15) is 31.2 Å². The number of methoxy groups -OCH3 is 1. The van der Waals surface area contributed by atoms with Crippen molar-refractivity contribution in [1.82, 2.24) is 5.32 Å². The highest BCUT2D eigenvalue weighted by Gasteiger charge is 2.18. The van der Waals surface area contributed by atoms with Gasteiger partial charge in [0, 0.05) is 36.3 Å². The molecular weight excluding hydrogens is 288 g/mol. The van der Waals surface area contributed by atoms with E-state index in [-0.39, 0.29) is 0 Å². The summed E-state index contributed by atoms with van der Waals surface area (Å²) in [6.07, 6.45) is 4.48. The number of hydrogen-bond acceptors (Lipinski definition) is 4. The fraction of sp³-hybridized carbons (Fsp3) is 0.625. The normalized spacial score (nSPS) is 22.2. The van der Waals surface area contributed by atoms with E-state index in [1.807, 2.05) is 18.2 Å². The molecule has 3 N–H and O–H groups in total. The molecule has 1 saturated carbocycles. The lowest BCUT2D eigenvalue weighted by molar-refractivity contribution is 0.145. The van der Waals surface area contributed by atoms with Crippen molar-refractivity contribution in [2.75, 3.05) is 20.3 Å². The molecule has 2 rings (SSSR count). The Balaban J connectivity index is 1.89. The summed E-state index contributed by atoms with van der Waals surface area (Å²) in [6, 6.07) is 6.65. The SMILES string of the molecule is COCCOc1ccc(Cl)cc1CNC1CCC(N)CC1. The van der Waals surface area contributed by atoms with Gasteiger partial charge in [-0.1, -0.05) is 11.6 Å². The Bertz CT molecular complexity index is 434. The predicted octanol–water partition coefficient (Wildman–Crippen LogP) is 2.72. The number of hydrogen-bond donors (Lipinski definition) is 2. The van der Waals surface area contributed by atoms with E-state index in [1.54, 1.807) is 7.11 Å². The summed E-state index contributed by atoms with van der Waals surface area (Å²) in [4.78, 5) is 0. The summed E-state index contributed by atoms with van der Waals surface area (Å²) < 4.78 is 10.8. The third kappa shape index (κ3) is 5.47. The first-order valence-electron chi connectivity index (χ1n) is 7.58. The fourth-order valence-electron chi connectivity index (χ4n) is 2.64. The molecule has 4 nitrogen and oxygen atoms in total. The number of benzene rings is 1. The number of nitrogens with one attached hydrogen (secondary N) is 1. The summed E-state index contributed by atoms with van der Waals surface area (Å²) in [7, 11) is 1.67. The second kappa shape index (κ2) is 8.59. The van der Waals surface area contributed by atoms with Crippen LogP contribution in [0.3, 0.4) is 0 Å². The largest absolute Gasteiger partial charge is 0.491 e. The molecule has 118 valence electrons. The van der Waals surface area contributed by atoms with Crippen molar-refractivity contribution >= 4 is 11.6 Å². The second-order valence-corrected chi connectivity index (χ2v) is 6.02. The van der Waals surface area contributed by atoms with Crippen molar-refractivity contribution in [2.24, 2.45) is 5.73 Å². The molecule has 1 aromatic rings. The van der Waals surface area contributed by atoms with Crippen molar-refractivity contribution in [3.8, 4) is 5.75 Å². The van der Waals surface area contributed by atoms with Crippen molar-refractivity contribution < 1.29 is 9.47 Å². The Labute approximate surface area is 131 Å². The van der Waals surface area contributed by atoms with Crippen molar-refractivity contribution in [1.29, 1.82) is 0 Å². The average molecular weight is 313 g/mol. The molecule has 0 aromatic heterocycles. The Morgan fingerprint density at radius 3 is 2.71 bits per heavy atom. The van der Waals surface area contributed by atoms with Gasteiger partial charge in [0.2, 0.25) is 0 Å². The first kappa shape index (κ1) is 16.6. The van der Waals surface area contributed by atoms with Crippen LogP contribution in [-0.4, -0.2) is 32.4 Å². The van der Waals surface area contributed by atoms with Gasteiger partial charge in [-0.2, -0.15) is 0 Å². The standard InChI is InChI=1S/C16H25ClN2O2/c1-20-8-9-21-16-7-2-13(17)10-12(16)11-19-15-5-3-14(18)4-6-15/h2,7,10,14-15,19H,3-6,8-9,11,18H2,1H3. The van der Waals surface area contributed by atoms with Crippen molar-refractivity contribution in [3.05, 3.63) is 28.8 Å². The molecule has 0 unspecified atom stereocenters. The van der Waals surface area contributed by atoms with E-state index in [9.17, 15) is 0 Å². The highest BCUT2D eigenvalue weighted by atomic mass is 35.5. The van der Waals surface area contributed by atoms with E-state index in [1.165, 1.54) is 0 Å². The van der Waals surface area contributed by atoms with Gasteiger partial charge in [0.25, 0.3) is 0 Å². The van der Waals surface area contributed by atoms with Gasteiger partial charge in [-0.05, 0) is 43.9 Å². The number of rotatable bonds is 7. The van der Waals surface area contributed by atoms with Crippen LogP contribution in [0.2, 0.25) is 5.02 Å². The van der Waals surface area contributed by atoms with E-state index >= 15 is 0 Å². The van der Waals surface area contributed by atoms with Gasteiger partial charge < -0.3 is 20.5 Å². The Morgan fingerprint density at radius 1 is 1.24 bits per heavy atom. The number of ether oxygens (including phenoxy) is 2. The lowest BCUT2D eigenvalue weighted by Crippen LogP contribution is -2.37. The molecule has 1 aliphatic rings. The molecule has 0 amide bonds. The second-order valence-electron chi connectivity index (χ2n) is 5.59. The molecule has 0 heterocycles. The van der Waals surface area contributed by atoms with Crippen LogP contribution < -0.4 is 15.8 Å². The van der Waals surface area contributed by atoms with Gasteiger partial charge in [-0.15, -0.1) is 0 Å². The molecule has 0 bridgehead atoms. The molecule has 1 fully saturated rings. The maximum atomic E-state index is 6.09. The van der Waals surface area contributed by atoms with Crippen LogP contribution in [0.25, 0.3) is 0 Å². The van der Waals surface area contributed by atoms with Crippen molar-refractivity contribution in [2.45, 2.75) is 44.3 Å². The van der Waals surface area contributed by atoms with Gasteiger partial charge in [0.05, 0.1) is 6.61 Å². The van der Waals surface area contributed by atoms with Crippen LogP contribution in [-0.2, 0) is 11.3 Å². The van der Waals surface area contributed by atoms with E-state index in [0.29, 0.717) is 25.3 Å². The number of nitrogens with two attached hydrogens (primary N) is 1. The highest BCUT2D eigenvalue weighted by Crippen LogP contribution is 2.24. The molecular formula is C16H25ClN2O2. The van der Waals surface area contributed by atoms with Gasteiger partial charge in [0.1, 0.15) is 12.4 Å². The minimum atomic E-state index is 0.377. The summed E-state index contributed by atoms with van der Waals surface area (Å²) in [5.74, 6) is 0.872. The molecule has 5 heteroatoms. The Kier molecular flexibility index (Phi) is 6.77. The van der Waals surface area contributed by atoms with Crippen molar-refractivity contribution in [3.63, 3.8) is 0 Å². The summed E-state index contributed by atoms with van der Waals surface area (Å²) >= 11 is 6.09. The smallest absolute Gasteiger partial charge is 0.124 e. The quantitative estimate of drug-likeness (QED) is 0.760. The molecule has 0 saturated heterocycles. The Hall–Kier alpha value is -0.810. The first-order valence-corrected chi connectivity index (χ1v) is 7.96. The van der Waals surface area contributed by atoms with E-state index < -0.39 is 0 Å². The minimum Gasteiger partial charge on any atom is -0.491 e. The molecule has 1 aromatic carbocycles. The maximum absolute atomic E-state index is 6.09. The van der Waals surface area contributed by atoms with E-state index in [2.05, 4.69) is 5.32 Å². The summed E-state index contributed by atoms with van der Waals surface area (Å²) in [5, 5.41) is 4.32. The molecule has 21 heavy (non-hydrogen) atoms. The average Bonchev–Trinajstić information content (AvgIpc) is 2.49. The zero-order chi connectivity index (χ0) is 15.1. The van der Waals surface area contributed by atoms with Crippen LogP contribution in [0.5, 0.6) is 5.75 Å². The van der Waals surface area contributed by atoms with Crippen LogP contribution in [0, 0.1) is 0 Å². The van der Waals surface area contributed by atoms with Gasteiger partial charge in [-0.3, -0.25) is 0 Å². The summed E-state index contributed by atoms with van der Waals surface area (Å²) in [5.41, 5.74) is 7.03. The monoisotopic (exact) mass is 312 g/mol. The molecule has 1 aliphatic carbocycles. The highest BCUT2D eigenvalue weighted by molar-refractivity contribution is 6.30. The third-order valence-electron chi connectivity index (χ3n) is 3.92. The van der Waals surface area contributed by atoms with Crippen LogP contribution in [0.15, 0.2) is 18.2 Å². The van der Waals surface area contributed by atoms with Gasteiger partial charge in [-0.25, -0.2) is 0 Å². The van der Waals surface area contributed by atoms with E-state index in [4.69, 9.17) is 26.8 Å². The topological polar surface area (TPSA) is 56.5 Å². The van der Waals surface area contributed by atoms with Gasteiger partial charge in [0.15, 0.2) is 0 Å².